The number of aromatic nitrogens is 3. The number of rotatable bonds is 8. The molecule has 2 aromatic rings. The molecule has 1 saturated heterocycles. The zero-order valence-corrected chi connectivity index (χ0v) is 16.5. The van der Waals surface area contributed by atoms with Gasteiger partial charge in [0.25, 0.3) is 0 Å². The molecule has 3 rings (SSSR count). The predicted octanol–water partition coefficient (Wildman–Crippen LogP) is 3.47. The van der Waals surface area contributed by atoms with Crippen molar-refractivity contribution in [2.24, 2.45) is 5.73 Å². The van der Waals surface area contributed by atoms with Crippen LogP contribution in [0.1, 0.15) is 30.7 Å². The Morgan fingerprint density at radius 2 is 2.23 bits per heavy atom. The van der Waals surface area contributed by atoms with E-state index in [1.165, 1.54) is 0 Å². The fourth-order valence-corrected chi connectivity index (χ4v) is 4.33. The molecule has 9 heteroatoms. The van der Waals surface area contributed by atoms with Crippen molar-refractivity contribution in [2.75, 3.05) is 6.61 Å². The Morgan fingerprint density at radius 1 is 1.38 bits per heavy atom. The largest absolute Gasteiger partial charge is 0.376 e. The van der Waals surface area contributed by atoms with Crippen LogP contribution in [0.4, 0.5) is 0 Å². The van der Waals surface area contributed by atoms with Crippen LogP contribution in [0.2, 0.25) is 10.0 Å². The van der Waals surface area contributed by atoms with Gasteiger partial charge in [0.15, 0.2) is 5.16 Å². The molecule has 0 aliphatic carbocycles. The molecule has 1 fully saturated rings. The first kappa shape index (κ1) is 19.5. The van der Waals surface area contributed by atoms with Crippen molar-refractivity contribution in [1.82, 2.24) is 14.8 Å². The van der Waals surface area contributed by atoms with E-state index in [1.54, 1.807) is 17.8 Å². The van der Waals surface area contributed by atoms with Crippen LogP contribution in [0.15, 0.2) is 23.4 Å². The molecule has 2 heterocycles. The monoisotopic (exact) mass is 414 g/mol. The van der Waals surface area contributed by atoms with Crippen molar-refractivity contribution >= 4 is 40.9 Å². The van der Waals surface area contributed by atoms with Crippen LogP contribution >= 0.6 is 35.0 Å². The Hall–Kier alpha value is -1.28. The van der Waals surface area contributed by atoms with Gasteiger partial charge in [-0.1, -0.05) is 41.0 Å². The molecule has 0 radical (unpaired) electrons. The fourth-order valence-electron chi connectivity index (χ4n) is 2.80. The second-order valence-electron chi connectivity index (χ2n) is 6.14. The average Bonchev–Trinajstić information content (AvgIpc) is 3.23. The summed E-state index contributed by atoms with van der Waals surface area (Å²) in [6, 6.07) is 5.46. The predicted molar refractivity (Wildman–Crippen MR) is 103 cm³/mol. The molecule has 2 N–H and O–H groups in total. The van der Waals surface area contributed by atoms with E-state index in [2.05, 4.69) is 10.2 Å². The van der Waals surface area contributed by atoms with Gasteiger partial charge in [-0.3, -0.25) is 4.79 Å². The zero-order valence-electron chi connectivity index (χ0n) is 14.2. The molecule has 26 heavy (non-hydrogen) atoms. The first-order valence-corrected chi connectivity index (χ1v) is 10.2. The Kier molecular flexibility index (Phi) is 6.80. The van der Waals surface area contributed by atoms with Gasteiger partial charge in [-0.25, -0.2) is 0 Å². The van der Waals surface area contributed by atoms with Gasteiger partial charge in [-0.15, -0.1) is 10.2 Å². The molecule has 0 spiro atoms. The van der Waals surface area contributed by atoms with Crippen molar-refractivity contribution in [2.45, 2.75) is 49.2 Å². The first-order valence-electron chi connectivity index (χ1n) is 8.41. The molecule has 1 aromatic carbocycles. The summed E-state index contributed by atoms with van der Waals surface area (Å²) in [6.07, 6.45) is 2.94. The Labute approximate surface area is 166 Å². The Morgan fingerprint density at radius 3 is 2.92 bits per heavy atom. The highest BCUT2D eigenvalue weighted by Gasteiger charge is 2.21. The summed E-state index contributed by atoms with van der Waals surface area (Å²) >= 11 is 13.7. The molecule has 1 aromatic heterocycles. The summed E-state index contributed by atoms with van der Waals surface area (Å²) in [5.41, 5.74) is 6.25. The number of nitrogens with zero attached hydrogens (tertiary/aromatic N) is 3. The standard InChI is InChI=1S/C17H20Cl2N4O2S/c18-12-4-3-11(14(19)8-12)10-26-17-22-21-16(6-5-15(20)24)23(17)9-13-2-1-7-25-13/h3-4,8,13H,1-2,5-7,9-10H2,(H2,20,24). The van der Waals surface area contributed by atoms with E-state index in [0.29, 0.717) is 28.8 Å². The Balaban J connectivity index is 1.74. The van der Waals surface area contributed by atoms with Crippen molar-refractivity contribution in [3.63, 3.8) is 0 Å². The molecular formula is C17H20Cl2N4O2S. The number of hydrogen-bond acceptors (Lipinski definition) is 5. The van der Waals surface area contributed by atoms with Crippen LogP contribution in [0.3, 0.4) is 0 Å². The lowest BCUT2D eigenvalue weighted by Crippen LogP contribution is -2.19. The van der Waals surface area contributed by atoms with Crippen molar-refractivity contribution in [3.05, 3.63) is 39.6 Å². The molecule has 1 unspecified atom stereocenters. The number of primary amides is 1. The minimum absolute atomic E-state index is 0.150. The van der Waals surface area contributed by atoms with E-state index in [-0.39, 0.29) is 18.4 Å². The lowest BCUT2D eigenvalue weighted by Gasteiger charge is -2.14. The van der Waals surface area contributed by atoms with Crippen molar-refractivity contribution < 1.29 is 9.53 Å². The maximum Gasteiger partial charge on any atom is 0.217 e. The number of aryl methyl sites for hydroxylation is 1. The van der Waals surface area contributed by atoms with E-state index in [1.807, 2.05) is 16.7 Å². The molecule has 140 valence electrons. The maximum absolute atomic E-state index is 11.1. The number of thioether (sulfide) groups is 1. The van der Waals surface area contributed by atoms with Gasteiger partial charge in [-0.2, -0.15) is 0 Å². The van der Waals surface area contributed by atoms with E-state index >= 15 is 0 Å². The van der Waals surface area contributed by atoms with E-state index in [4.69, 9.17) is 33.7 Å². The molecule has 6 nitrogen and oxygen atoms in total. The minimum Gasteiger partial charge on any atom is -0.376 e. The third-order valence-corrected chi connectivity index (χ3v) is 5.77. The van der Waals surface area contributed by atoms with Crippen molar-refractivity contribution in [1.29, 1.82) is 0 Å². The number of benzene rings is 1. The zero-order chi connectivity index (χ0) is 18.5. The van der Waals surface area contributed by atoms with Gasteiger partial charge in [0.2, 0.25) is 5.91 Å². The lowest BCUT2D eigenvalue weighted by atomic mass is 10.2. The van der Waals surface area contributed by atoms with Gasteiger partial charge in [0, 0.05) is 35.2 Å². The quantitative estimate of drug-likeness (QED) is 0.668. The fraction of sp³-hybridized carbons (Fsp3) is 0.471. The first-order chi connectivity index (χ1) is 12.5. The van der Waals surface area contributed by atoms with E-state index in [9.17, 15) is 4.79 Å². The number of nitrogens with two attached hydrogens (primary N) is 1. The third kappa shape index (κ3) is 5.13. The SMILES string of the molecule is NC(=O)CCc1nnc(SCc2ccc(Cl)cc2Cl)n1CC1CCCO1. The summed E-state index contributed by atoms with van der Waals surface area (Å²) in [4.78, 5) is 11.1. The second-order valence-corrected chi connectivity index (χ2v) is 7.92. The normalized spacial score (nSPS) is 16.9. The minimum atomic E-state index is -0.348. The van der Waals surface area contributed by atoms with Crippen molar-refractivity contribution in [3.8, 4) is 0 Å². The van der Waals surface area contributed by atoms with E-state index < -0.39 is 0 Å². The number of hydrogen-bond donors (Lipinski definition) is 1. The number of carbonyl (C=O) groups excluding carboxylic acids is 1. The highest BCUT2D eigenvalue weighted by atomic mass is 35.5. The van der Waals surface area contributed by atoms with E-state index in [0.717, 1.165) is 36.0 Å². The van der Waals surface area contributed by atoms with Gasteiger partial charge >= 0.3 is 0 Å². The van der Waals surface area contributed by atoms with Gasteiger partial charge in [0.1, 0.15) is 5.82 Å². The van der Waals surface area contributed by atoms with Crippen LogP contribution in [-0.2, 0) is 28.2 Å². The molecule has 1 amide bonds. The topological polar surface area (TPSA) is 83.0 Å². The van der Waals surface area contributed by atoms with Crippen LogP contribution in [-0.4, -0.2) is 33.4 Å². The Bertz CT molecular complexity index is 778. The average molecular weight is 415 g/mol. The number of ether oxygens (including phenoxy) is 1. The molecular weight excluding hydrogens is 395 g/mol. The molecule has 0 bridgehead atoms. The molecule has 0 saturated carbocycles. The summed E-state index contributed by atoms with van der Waals surface area (Å²) in [5.74, 6) is 1.05. The van der Waals surface area contributed by atoms with Crippen LogP contribution < -0.4 is 5.73 Å². The lowest BCUT2D eigenvalue weighted by molar-refractivity contribution is -0.118. The second kappa shape index (κ2) is 9.08. The number of carbonyl (C=O) groups is 1. The summed E-state index contributed by atoms with van der Waals surface area (Å²) < 4.78 is 7.78. The van der Waals surface area contributed by atoms with Gasteiger partial charge in [0.05, 0.1) is 12.6 Å². The van der Waals surface area contributed by atoms with Crippen LogP contribution in [0, 0.1) is 0 Å². The van der Waals surface area contributed by atoms with Crippen LogP contribution in [0.5, 0.6) is 0 Å². The smallest absolute Gasteiger partial charge is 0.217 e. The summed E-state index contributed by atoms with van der Waals surface area (Å²) in [6.45, 7) is 1.46. The van der Waals surface area contributed by atoms with Gasteiger partial charge < -0.3 is 15.0 Å². The molecule has 1 aliphatic heterocycles. The van der Waals surface area contributed by atoms with Crippen LogP contribution in [0.25, 0.3) is 0 Å². The molecule has 1 atom stereocenters. The number of halogens is 2. The third-order valence-electron chi connectivity index (χ3n) is 4.17. The van der Waals surface area contributed by atoms with Gasteiger partial charge in [-0.05, 0) is 30.5 Å². The highest BCUT2D eigenvalue weighted by Crippen LogP contribution is 2.29. The summed E-state index contributed by atoms with van der Waals surface area (Å²) in [7, 11) is 0. The number of amides is 1. The maximum atomic E-state index is 11.1. The highest BCUT2D eigenvalue weighted by molar-refractivity contribution is 7.98. The summed E-state index contributed by atoms with van der Waals surface area (Å²) in [5, 5.41) is 10.6. The molecule has 1 aliphatic rings.